The Morgan fingerprint density at radius 3 is 2.84 bits per heavy atom. The van der Waals surface area contributed by atoms with Crippen molar-refractivity contribution >= 4 is 27.7 Å². The topological polar surface area (TPSA) is 126 Å². The summed E-state index contributed by atoms with van der Waals surface area (Å²) in [5.74, 6) is -0.207. The summed E-state index contributed by atoms with van der Waals surface area (Å²) in [6.45, 7) is 0.0420. The van der Waals surface area contributed by atoms with Crippen LogP contribution in [0.25, 0.3) is 0 Å². The molecule has 0 saturated carbocycles. The van der Waals surface area contributed by atoms with Gasteiger partial charge in [-0.05, 0) is 25.0 Å². The Hall–Kier alpha value is -2.36. The molecule has 3 heterocycles. The zero-order valence-corrected chi connectivity index (χ0v) is 14.3. The molecule has 1 aromatic rings. The molecule has 0 radical (unpaired) electrons. The molecule has 4 amide bonds. The van der Waals surface area contributed by atoms with Crippen LogP contribution in [0, 0.1) is 0 Å². The molecule has 10 heteroatoms. The number of nitrogens with zero attached hydrogens (tertiary/aromatic N) is 1. The van der Waals surface area contributed by atoms with Gasteiger partial charge in [0.1, 0.15) is 11.8 Å². The Bertz CT molecular complexity index is 773. The first-order valence-electron chi connectivity index (χ1n) is 7.98. The molecule has 25 heavy (non-hydrogen) atoms. The molecule has 1 unspecified atom stereocenters. The van der Waals surface area contributed by atoms with Gasteiger partial charge in [-0.15, -0.1) is 0 Å². The molecule has 0 aliphatic carbocycles. The normalized spacial score (nSPS) is 25.2. The fourth-order valence-corrected chi connectivity index (χ4v) is 4.64. The third kappa shape index (κ3) is 4.19. The van der Waals surface area contributed by atoms with Crippen molar-refractivity contribution < 1.29 is 27.2 Å². The Morgan fingerprint density at radius 1 is 1.40 bits per heavy atom. The van der Waals surface area contributed by atoms with E-state index in [1.165, 1.54) is 6.26 Å². The van der Waals surface area contributed by atoms with Gasteiger partial charge >= 0.3 is 6.03 Å². The summed E-state index contributed by atoms with van der Waals surface area (Å²) in [4.78, 5) is 37.2. The van der Waals surface area contributed by atoms with Gasteiger partial charge in [0.05, 0.1) is 24.3 Å². The molecular formula is C15H19N3O6S. The van der Waals surface area contributed by atoms with Crippen molar-refractivity contribution in [3.05, 3.63) is 24.2 Å². The first kappa shape index (κ1) is 17.5. The van der Waals surface area contributed by atoms with E-state index < -0.39 is 27.8 Å². The molecule has 9 nitrogen and oxygen atoms in total. The van der Waals surface area contributed by atoms with E-state index in [9.17, 15) is 22.8 Å². The fourth-order valence-electron chi connectivity index (χ4n) is 2.96. The fraction of sp³-hybridized carbons (Fsp3) is 0.533. The van der Waals surface area contributed by atoms with Crippen molar-refractivity contribution in [2.75, 3.05) is 11.5 Å². The van der Waals surface area contributed by atoms with Crippen LogP contribution in [0.5, 0.6) is 0 Å². The van der Waals surface area contributed by atoms with Crippen molar-refractivity contribution in [3.63, 3.8) is 0 Å². The van der Waals surface area contributed by atoms with Crippen molar-refractivity contribution in [3.8, 4) is 0 Å². The van der Waals surface area contributed by atoms with Crippen LogP contribution in [0.15, 0.2) is 22.8 Å². The number of furan rings is 1. The molecule has 0 spiro atoms. The first-order valence-corrected chi connectivity index (χ1v) is 9.80. The van der Waals surface area contributed by atoms with Gasteiger partial charge < -0.3 is 15.1 Å². The second-order valence-corrected chi connectivity index (χ2v) is 8.44. The molecule has 2 fully saturated rings. The number of sulfone groups is 1. The van der Waals surface area contributed by atoms with E-state index in [1.54, 1.807) is 12.1 Å². The third-order valence-electron chi connectivity index (χ3n) is 4.26. The van der Waals surface area contributed by atoms with E-state index in [-0.39, 0.29) is 42.8 Å². The van der Waals surface area contributed by atoms with Crippen LogP contribution in [0.2, 0.25) is 0 Å². The molecule has 2 atom stereocenters. The average Bonchev–Trinajstić information content (AvgIpc) is 3.22. The molecule has 2 aliphatic heterocycles. The Kier molecular flexibility index (Phi) is 4.80. The van der Waals surface area contributed by atoms with Crippen LogP contribution in [-0.2, 0) is 26.0 Å². The van der Waals surface area contributed by atoms with Crippen LogP contribution in [0.4, 0.5) is 4.79 Å². The number of imide groups is 1. The number of urea groups is 1. The highest BCUT2D eigenvalue weighted by Crippen LogP contribution is 2.16. The number of nitrogens with one attached hydrogen (secondary N) is 2. The predicted molar refractivity (Wildman–Crippen MR) is 86.0 cm³/mol. The van der Waals surface area contributed by atoms with Gasteiger partial charge in [-0.3, -0.25) is 14.5 Å². The van der Waals surface area contributed by atoms with Crippen LogP contribution in [-0.4, -0.2) is 54.8 Å². The average molecular weight is 369 g/mol. The summed E-state index contributed by atoms with van der Waals surface area (Å²) in [7, 11) is -3.06. The van der Waals surface area contributed by atoms with Crippen molar-refractivity contribution in [2.45, 2.75) is 37.9 Å². The van der Waals surface area contributed by atoms with E-state index in [0.717, 1.165) is 4.90 Å². The molecule has 2 saturated heterocycles. The quantitative estimate of drug-likeness (QED) is 0.668. The van der Waals surface area contributed by atoms with Crippen LogP contribution in [0.1, 0.15) is 25.0 Å². The van der Waals surface area contributed by atoms with Gasteiger partial charge in [0.15, 0.2) is 9.84 Å². The van der Waals surface area contributed by atoms with Crippen LogP contribution < -0.4 is 10.6 Å². The standard InChI is InChI=1S/C15H19N3O6S/c19-13(16-10-5-7-25(22,23)9-10)4-3-12-14(20)18(15(21)17-12)8-11-2-1-6-24-11/h1-2,6,10,12H,3-5,7-9H2,(H,16,19)(H,17,21)/t10?,12-/m0/s1. The van der Waals surface area contributed by atoms with E-state index in [1.807, 2.05) is 0 Å². The highest BCUT2D eigenvalue weighted by atomic mass is 32.2. The minimum absolute atomic E-state index is 0.0296. The largest absolute Gasteiger partial charge is 0.467 e. The predicted octanol–water partition coefficient (Wildman–Crippen LogP) is -0.216. The second-order valence-electron chi connectivity index (χ2n) is 6.21. The number of hydrogen-bond donors (Lipinski definition) is 2. The first-order chi connectivity index (χ1) is 11.8. The smallest absolute Gasteiger partial charge is 0.325 e. The van der Waals surface area contributed by atoms with Crippen molar-refractivity contribution in [1.82, 2.24) is 15.5 Å². The molecule has 2 aliphatic rings. The van der Waals surface area contributed by atoms with E-state index in [2.05, 4.69) is 10.6 Å². The van der Waals surface area contributed by atoms with Crippen LogP contribution in [0.3, 0.4) is 0 Å². The number of rotatable bonds is 6. The molecule has 3 rings (SSSR count). The minimum Gasteiger partial charge on any atom is -0.467 e. The van der Waals surface area contributed by atoms with Gasteiger partial charge in [-0.2, -0.15) is 0 Å². The SMILES string of the molecule is O=C(CC[C@@H]1NC(=O)N(Cc2ccco2)C1=O)NC1CCS(=O)(=O)C1. The summed E-state index contributed by atoms with van der Waals surface area (Å²) in [5, 5.41) is 5.21. The number of amides is 4. The summed E-state index contributed by atoms with van der Waals surface area (Å²) in [5.41, 5.74) is 0. The van der Waals surface area contributed by atoms with Gasteiger partial charge in [-0.25, -0.2) is 13.2 Å². The maximum Gasteiger partial charge on any atom is 0.325 e. The van der Waals surface area contributed by atoms with Crippen molar-refractivity contribution in [1.29, 1.82) is 0 Å². The lowest BCUT2D eigenvalue weighted by molar-refractivity contribution is -0.128. The van der Waals surface area contributed by atoms with E-state index >= 15 is 0 Å². The minimum atomic E-state index is -3.06. The monoisotopic (exact) mass is 369 g/mol. The van der Waals surface area contributed by atoms with Gasteiger partial charge in [0.25, 0.3) is 5.91 Å². The van der Waals surface area contributed by atoms with Gasteiger partial charge in [0.2, 0.25) is 5.91 Å². The maximum atomic E-state index is 12.3. The molecule has 0 aromatic carbocycles. The van der Waals surface area contributed by atoms with E-state index in [0.29, 0.717) is 12.2 Å². The van der Waals surface area contributed by atoms with Crippen LogP contribution >= 0.6 is 0 Å². The number of hydrogen-bond acceptors (Lipinski definition) is 6. The summed E-state index contributed by atoms with van der Waals surface area (Å²) in [6.07, 6.45) is 2.05. The zero-order valence-electron chi connectivity index (χ0n) is 13.4. The maximum absolute atomic E-state index is 12.3. The summed E-state index contributed by atoms with van der Waals surface area (Å²) >= 11 is 0. The van der Waals surface area contributed by atoms with E-state index in [4.69, 9.17) is 4.42 Å². The summed E-state index contributed by atoms with van der Waals surface area (Å²) < 4.78 is 27.9. The highest BCUT2D eigenvalue weighted by molar-refractivity contribution is 7.91. The number of carbonyl (C=O) groups excluding carboxylic acids is 3. The molecule has 1 aromatic heterocycles. The lowest BCUT2D eigenvalue weighted by Gasteiger charge is -2.13. The van der Waals surface area contributed by atoms with Gasteiger partial charge in [0, 0.05) is 12.5 Å². The highest BCUT2D eigenvalue weighted by Gasteiger charge is 2.38. The Labute approximate surface area is 144 Å². The Balaban J connectivity index is 1.47. The Morgan fingerprint density at radius 2 is 2.20 bits per heavy atom. The molecular weight excluding hydrogens is 350 g/mol. The summed E-state index contributed by atoms with van der Waals surface area (Å²) in [6, 6.07) is 1.67. The lowest BCUT2D eigenvalue weighted by Crippen LogP contribution is -2.37. The molecule has 136 valence electrons. The third-order valence-corrected chi connectivity index (χ3v) is 6.03. The molecule has 0 bridgehead atoms. The van der Waals surface area contributed by atoms with Gasteiger partial charge in [-0.1, -0.05) is 0 Å². The number of carbonyl (C=O) groups is 3. The second kappa shape index (κ2) is 6.87. The van der Waals surface area contributed by atoms with Crippen molar-refractivity contribution in [2.24, 2.45) is 0 Å². The molecule has 2 N–H and O–H groups in total. The lowest BCUT2D eigenvalue weighted by atomic mass is 10.1. The zero-order chi connectivity index (χ0) is 18.0.